The summed E-state index contributed by atoms with van der Waals surface area (Å²) in [6.45, 7) is 3.67. The van der Waals surface area contributed by atoms with Gasteiger partial charge >= 0.3 is 0 Å². The molecule has 2 aromatic heterocycles. The number of anilines is 1. The smallest absolute Gasteiger partial charge is 0.168 e. The fourth-order valence-electron chi connectivity index (χ4n) is 3.66. The quantitative estimate of drug-likeness (QED) is 0.639. The van der Waals surface area contributed by atoms with Crippen molar-refractivity contribution in [3.8, 4) is 23.1 Å². The Labute approximate surface area is 172 Å². The lowest BCUT2D eigenvalue weighted by molar-refractivity contribution is 0.131. The molecule has 1 aliphatic rings. The van der Waals surface area contributed by atoms with Crippen molar-refractivity contribution in [1.29, 1.82) is 5.26 Å². The summed E-state index contributed by atoms with van der Waals surface area (Å²) >= 11 is 1.36. The van der Waals surface area contributed by atoms with E-state index < -0.39 is 0 Å². The lowest BCUT2D eigenvalue weighted by Gasteiger charge is -2.33. The van der Waals surface area contributed by atoms with Gasteiger partial charge in [0.1, 0.15) is 16.1 Å². The molecule has 150 valence electrons. The third kappa shape index (κ3) is 4.15. The van der Waals surface area contributed by atoms with Crippen LogP contribution in [0.2, 0.25) is 0 Å². The molecule has 0 aliphatic carbocycles. The number of piperidine rings is 1. The fraction of sp³-hybridized carbons (Fsp3) is 0.400. The number of phenolic OH excluding ortho intramolecular Hbond substituents is 1. The number of hydrogen-bond acceptors (Lipinski definition) is 9. The molecule has 1 fully saturated rings. The Morgan fingerprint density at radius 3 is 3.10 bits per heavy atom. The minimum atomic E-state index is 0.00706. The van der Waals surface area contributed by atoms with Gasteiger partial charge in [0.05, 0.1) is 24.4 Å². The Morgan fingerprint density at radius 2 is 2.31 bits per heavy atom. The second kappa shape index (κ2) is 8.69. The molecule has 2 N–H and O–H groups in total. The van der Waals surface area contributed by atoms with E-state index in [1.54, 1.807) is 25.4 Å². The molecule has 4 rings (SSSR count). The number of aromatic nitrogens is 3. The van der Waals surface area contributed by atoms with E-state index in [4.69, 9.17) is 10.00 Å². The van der Waals surface area contributed by atoms with Crippen molar-refractivity contribution in [2.45, 2.75) is 18.9 Å². The van der Waals surface area contributed by atoms with Crippen LogP contribution < -0.4 is 5.32 Å². The average molecular weight is 411 g/mol. The summed E-state index contributed by atoms with van der Waals surface area (Å²) in [7, 11) is 1.73. The zero-order valence-electron chi connectivity index (χ0n) is 16.1. The molecule has 0 unspecified atom stereocenters. The Bertz CT molecular complexity index is 1050. The minimum absolute atomic E-state index is 0.00706. The summed E-state index contributed by atoms with van der Waals surface area (Å²) in [5.74, 6) is 0.727. The number of hydrogen-bond donors (Lipinski definition) is 2. The lowest BCUT2D eigenvalue weighted by atomic mass is 10.0. The zero-order valence-corrected chi connectivity index (χ0v) is 16.9. The van der Waals surface area contributed by atoms with Crippen molar-refractivity contribution in [2.75, 3.05) is 38.7 Å². The van der Waals surface area contributed by atoms with Gasteiger partial charge in [-0.3, -0.25) is 4.90 Å². The first-order chi connectivity index (χ1) is 14.2. The van der Waals surface area contributed by atoms with Crippen LogP contribution in [0.3, 0.4) is 0 Å². The molecule has 0 bridgehead atoms. The molecule has 0 saturated carbocycles. The van der Waals surface area contributed by atoms with Gasteiger partial charge in [-0.1, -0.05) is 0 Å². The van der Waals surface area contributed by atoms with Crippen molar-refractivity contribution < 1.29 is 9.84 Å². The summed E-state index contributed by atoms with van der Waals surface area (Å²) in [5.41, 5.74) is 1.50. The van der Waals surface area contributed by atoms with Gasteiger partial charge in [-0.25, -0.2) is 0 Å². The highest BCUT2D eigenvalue weighted by Gasteiger charge is 2.22. The van der Waals surface area contributed by atoms with E-state index in [1.807, 2.05) is 6.07 Å². The molecule has 8 nitrogen and oxygen atoms in total. The van der Waals surface area contributed by atoms with Crippen LogP contribution in [-0.4, -0.2) is 64.0 Å². The van der Waals surface area contributed by atoms with Gasteiger partial charge in [0.2, 0.25) is 0 Å². The van der Waals surface area contributed by atoms with Crippen LogP contribution in [0.4, 0.5) is 5.82 Å². The first-order valence-corrected chi connectivity index (χ1v) is 10.3. The zero-order chi connectivity index (χ0) is 20.2. The fourth-order valence-corrected chi connectivity index (χ4v) is 4.36. The molecule has 0 radical (unpaired) electrons. The van der Waals surface area contributed by atoms with Gasteiger partial charge in [0.15, 0.2) is 5.82 Å². The molecular weight excluding hydrogens is 388 g/mol. The van der Waals surface area contributed by atoms with E-state index in [0.29, 0.717) is 16.8 Å². The highest BCUT2D eigenvalue weighted by molar-refractivity contribution is 7.14. The van der Waals surface area contributed by atoms with Crippen LogP contribution in [0.1, 0.15) is 18.4 Å². The molecule has 29 heavy (non-hydrogen) atoms. The van der Waals surface area contributed by atoms with Crippen molar-refractivity contribution in [3.05, 3.63) is 30.0 Å². The maximum atomic E-state index is 10.3. The third-order valence-corrected chi connectivity index (χ3v) is 5.94. The number of benzene rings is 1. The van der Waals surface area contributed by atoms with E-state index in [9.17, 15) is 5.11 Å². The van der Waals surface area contributed by atoms with E-state index in [0.717, 1.165) is 55.0 Å². The minimum Gasteiger partial charge on any atom is -0.507 e. The summed E-state index contributed by atoms with van der Waals surface area (Å²) in [6, 6.07) is 7.09. The maximum Gasteiger partial charge on any atom is 0.168 e. The molecule has 3 aromatic rings. The highest BCUT2D eigenvalue weighted by atomic mass is 32.1. The number of aromatic hydroxyl groups is 1. The van der Waals surface area contributed by atoms with Crippen LogP contribution >= 0.6 is 11.5 Å². The molecule has 0 spiro atoms. The number of fused-ring (bicyclic) bond motifs is 1. The third-order valence-electron chi connectivity index (χ3n) is 5.13. The summed E-state index contributed by atoms with van der Waals surface area (Å²) in [5, 5.41) is 32.5. The molecule has 0 amide bonds. The predicted octanol–water partition coefficient (Wildman–Crippen LogP) is 2.85. The molecular formula is C20H22N6O2S. The van der Waals surface area contributed by atoms with Gasteiger partial charge in [-0.05, 0) is 49.1 Å². The Kier molecular flexibility index (Phi) is 5.85. The number of nitriles is 1. The monoisotopic (exact) mass is 410 g/mol. The molecule has 1 saturated heterocycles. The molecule has 1 aromatic carbocycles. The topological polar surface area (TPSA) is 107 Å². The number of rotatable bonds is 6. The van der Waals surface area contributed by atoms with Crippen molar-refractivity contribution >= 4 is 27.4 Å². The summed E-state index contributed by atoms with van der Waals surface area (Å²) in [6.07, 6.45) is 3.94. The summed E-state index contributed by atoms with van der Waals surface area (Å²) < 4.78 is 10.4. The number of methoxy groups -OCH3 is 1. The number of ether oxygens (including phenoxy) is 1. The van der Waals surface area contributed by atoms with E-state index in [-0.39, 0.29) is 11.8 Å². The predicted molar refractivity (Wildman–Crippen MR) is 112 cm³/mol. The molecule has 1 aliphatic heterocycles. The Hall–Kier alpha value is -2.80. The van der Waals surface area contributed by atoms with Crippen LogP contribution in [0.5, 0.6) is 5.75 Å². The number of phenols is 1. The van der Waals surface area contributed by atoms with Gasteiger partial charge in [0, 0.05) is 37.2 Å². The van der Waals surface area contributed by atoms with Crippen LogP contribution in [0.25, 0.3) is 21.3 Å². The standard InChI is InChI=1S/C20H22N6O2S/c1-28-8-7-26-6-2-3-14(12-26)23-20-19-16(11-22-29-19)18(24-25-20)15-5-4-13(10-21)9-17(15)27/h4-5,9,11,14,27H,2-3,6-8,12H2,1H3,(H,23,25)/t14-/m1/s1. The Balaban J connectivity index is 1.60. The number of nitrogens with zero attached hydrogens (tertiary/aromatic N) is 5. The van der Waals surface area contributed by atoms with Gasteiger partial charge in [0.25, 0.3) is 0 Å². The van der Waals surface area contributed by atoms with Gasteiger partial charge < -0.3 is 15.2 Å². The van der Waals surface area contributed by atoms with Crippen molar-refractivity contribution in [2.24, 2.45) is 0 Å². The normalized spacial score (nSPS) is 17.3. The second-order valence-corrected chi connectivity index (χ2v) is 7.89. The first-order valence-electron chi connectivity index (χ1n) is 9.52. The largest absolute Gasteiger partial charge is 0.507 e. The van der Waals surface area contributed by atoms with Crippen molar-refractivity contribution in [1.82, 2.24) is 19.5 Å². The Morgan fingerprint density at radius 1 is 1.41 bits per heavy atom. The average Bonchev–Trinajstić information content (AvgIpc) is 3.23. The van der Waals surface area contributed by atoms with Crippen LogP contribution in [0, 0.1) is 11.3 Å². The maximum absolute atomic E-state index is 10.3. The van der Waals surface area contributed by atoms with Crippen molar-refractivity contribution in [3.63, 3.8) is 0 Å². The van der Waals surface area contributed by atoms with Crippen LogP contribution in [-0.2, 0) is 4.74 Å². The number of likely N-dealkylation sites (tertiary alicyclic amines) is 1. The van der Waals surface area contributed by atoms with E-state index in [1.165, 1.54) is 17.6 Å². The van der Waals surface area contributed by atoms with Gasteiger partial charge in [-0.15, -0.1) is 10.2 Å². The molecule has 3 heterocycles. The summed E-state index contributed by atoms with van der Waals surface area (Å²) in [4.78, 5) is 2.39. The second-order valence-electron chi connectivity index (χ2n) is 7.09. The lowest BCUT2D eigenvalue weighted by Crippen LogP contribution is -2.43. The number of nitrogens with one attached hydrogen (secondary N) is 1. The van der Waals surface area contributed by atoms with Gasteiger partial charge in [-0.2, -0.15) is 9.64 Å². The molecule has 1 atom stereocenters. The van der Waals surface area contributed by atoms with E-state index >= 15 is 0 Å². The first kappa shape index (κ1) is 19.5. The highest BCUT2D eigenvalue weighted by Crippen LogP contribution is 2.36. The van der Waals surface area contributed by atoms with Crippen LogP contribution in [0.15, 0.2) is 24.4 Å². The van der Waals surface area contributed by atoms with E-state index in [2.05, 4.69) is 24.8 Å². The SMILES string of the molecule is COCCN1CCC[C@@H](Nc2nnc(-c3ccc(C#N)cc3O)c3cnsc23)C1. The molecule has 9 heteroatoms.